The fourth-order valence-corrected chi connectivity index (χ4v) is 1.78. The SMILES string of the molecule is CSCCNc1ccccc1I. The van der Waals surface area contributed by atoms with E-state index in [9.17, 15) is 0 Å². The monoisotopic (exact) mass is 293 g/mol. The summed E-state index contributed by atoms with van der Waals surface area (Å²) in [7, 11) is 0. The number of nitrogens with one attached hydrogen (secondary N) is 1. The van der Waals surface area contributed by atoms with Crippen LogP contribution in [0.2, 0.25) is 0 Å². The molecule has 66 valence electrons. The summed E-state index contributed by atoms with van der Waals surface area (Å²) < 4.78 is 1.29. The van der Waals surface area contributed by atoms with Crippen molar-refractivity contribution in [1.29, 1.82) is 0 Å². The lowest BCUT2D eigenvalue weighted by Crippen LogP contribution is -2.04. The van der Waals surface area contributed by atoms with Crippen molar-refractivity contribution in [2.75, 3.05) is 23.9 Å². The average Bonchev–Trinajstić information content (AvgIpc) is 2.09. The van der Waals surface area contributed by atoms with Gasteiger partial charge in [-0.3, -0.25) is 0 Å². The summed E-state index contributed by atoms with van der Waals surface area (Å²) in [6.07, 6.45) is 2.12. The van der Waals surface area contributed by atoms with Crippen molar-refractivity contribution in [1.82, 2.24) is 0 Å². The summed E-state index contributed by atoms with van der Waals surface area (Å²) in [6, 6.07) is 8.34. The van der Waals surface area contributed by atoms with Gasteiger partial charge in [-0.1, -0.05) is 12.1 Å². The molecule has 0 radical (unpaired) electrons. The fourth-order valence-electron chi connectivity index (χ4n) is 0.892. The summed E-state index contributed by atoms with van der Waals surface area (Å²) in [5.74, 6) is 1.16. The molecule has 1 nitrogen and oxygen atoms in total. The Morgan fingerprint density at radius 3 is 2.83 bits per heavy atom. The molecule has 0 saturated carbocycles. The van der Waals surface area contributed by atoms with Crippen LogP contribution in [-0.2, 0) is 0 Å². The second kappa shape index (κ2) is 5.70. The van der Waals surface area contributed by atoms with Crippen molar-refractivity contribution in [3.8, 4) is 0 Å². The Balaban J connectivity index is 2.46. The van der Waals surface area contributed by atoms with Gasteiger partial charge in [0.15, 0.2) is 0 Å². The van der Waals surface area contributed by atoms with Crippen molar-refractivity contribution >= 4 is 40.0 Å². The van der Waals surface area contributed by atoms with Crippen molar-refractivity contribution in [3.05, 3.63) is 27.8 Å². The lowest BCUT2D eigenvalue weighted by molar-refractivity contribution is 1.22. The molecule has 0 saturated heterocycles. The second-order valence-corrected chi connectivity index (χ2v) is 4.55. The van der Waals surface area contributed by atoms with Crippen LogP contribution in [-0.4, -0.2) is 18.6 Å². The van der Waals surface area contributed by atoms with Gasteiger partial charge >= 0.3 is 0 Å². The standard InChI is InChI=1S/C9H12INS/c1-12-7-6-11-9-5-3-2-4-8(9)10/h2-5,11H,6-7H2,1H3. The molecule has 0 bridgehead atoms. The largest absolute Gasteiger partial charge is 0.383 e. The number of hydrogen-bond acceptors (Lipinski definition) is 2. The van der Waals surface area contributed by atoms with Crippen LogP contribution in [0, 0.1) is 3.57 Å². The van der Waals surface area contributed by atoms with Crippen LogP contribution in [0.5, 0.6) is 0 Å². The van der Waals surface area contributed by atoms with E-state index in [0.29, 0.717) is 0 Å². The molecule has 0 atom stereocenters. The molecule has 1 N–H and O–H groups in total. The van der Waals surface area contributed by atoms with Gasteiger partial charge in [0.05, 0.1) is 0 Å². The lowest BCUT2D eigenvalue weighted by Gasteiger charge is -2.06. The predicted octanol–water partition coefficient (Wildman–Crippen LogP) is 3.07. The van der Waals surface area contributed by atoms with Gasteiger partial charge in [0.25, 0.3) is 0 Å². The number of rotatable bonds is 4. The van der Waals surface area contributed by atoms with Gasteiger partial charge in [-0.05, 0) is 41.0 Å². The average molecular weight is 293 g/mol. The molecule has 12 heavy (non-hydrogen) atoms. The number of hydrogen-bond donors (Lipinski definition) is 1. The minimum Gasteiger partial charge on any atom is -0.383 e. The molecule has 0 amide bonds. The number of benzene rings is 1. The second-order valence-electron chi connectivity index (χ2n) is 2.40. The van der Waals surface area contributed by atoms with Gasteiger partial charge in [-0.25, -0.2) is 0 Å². The summed E-state index contributed by atoms with van der Waals surface area (Å²) in [6.45, 7) is 1.04. The van der Waals surface area contributed by atoms with E-state index in [-0.39, 0.29) is 0 Å². The van der Waals surface area contributed by atoms with E-state index >= 15 is 0 Å². The maximum absolute atomic E-state index is 3.39. The first-order valence-corrected chi connectivity index (χ1v) is 6.29. The zero-order valence-electron chi connectivity index (χ0n) is 7.01. The van der Waals surface area contributed by atoms with E-state index in [1.54, 1.807) is 0 Å². The Morgan fingerprint density at radius 2 is 2.17 bits per heavy atom. The van der Waals surface area contributed by atoms with Gasteiger partial charge < -0.3 is 5.32 Å². The van der Waals surface area contributed by atoms with Gasteiger partial charge in [-0.15, -0.1) is 0 Å². The molecule has 1 aromatic carbocycles. The van der Waals surface area contributed by atoms with E-state index < -0.39 is 0 Å². The smallest absolute Gasteiger partial charge is 0.0476 e. The molecule has 0 fully saturated rings. The Hall–Kier alpha value is 0.100. The molecule has 3 heteroatoms. The summed E-state index contributed by atoms with van der Waals surface area (Å²) in [4.78, 5) is 0. The van der Waals surface area contributed by atoms with Crippen LogP contribution < -0.4 is 5.32 Å². The highest BCUT2D eigenvalue weighted by Crippen LogP contribution is 2.16. The summed E-state index contributed by atoms with van der Waals surface area (Å²) in [5, 5.41) is 3.39. The molecule has 0 aromatic heterocycles. The van der Waals surface area contributed by atoms with Crippen molar-refractivity contribution < 1.29 is 0 Å². The number of halogens is 1. The van der Waals surface area contributed by atoms with E-state index in [0.717, 1.165) is 12.3 Å². The van der Waals surface area contributed by atoms with Crippen LogP contribution in [0.3, 0.4) is 0 Å². The van der Waals surface area contributed by atoms with Crippen LogP contribution in [0.1, 0.15) is 0 Å². The molecule has 0 spiro atoms. The highest BCUT2D eigenvalue weighted by Gasteiger charge is 1.94. The van der Waals surface area contributed by atoms with E-state index in [1.165, 1.54) is 9.26 Å². The molecular weight excluding hydrogens is 281 g/mol. The van der Waals surface area contributed by atoms with Crippen LogP contribution in [0.4, 0.5) is 5.69 Å². The molecule has 0 unspecified atom stereocenters. The molecule has 0 heterocycles. The molecule has 0 aliphatic carbocycles. The van der Waals surface area contributed by atoms with Crippen LogP contribution in [0.25, 0.3) is 0 Å². The van der Waals surface area contributed by atoms with Crippen LogP contribution >= 0.6 is 34.4 Å². The number of para-hydroxylation sites is 1. The summed E-state index contributed by atoms with van der Waals surface area (Å²) >= 11 is 4.20. The summed E-state index contributed by atoms with van der Waals surface area (Å²) in [5.41, 5.74) is 1.24. The van der Waals surface area contributed by atoms with Crippen molar-refractivity contribution in [3.63, 3.8) is 0 Å². The molecule has 0 aliphatic heterocycles. The van der Waals surface area contributed by atoms with E-state index in [4.69, 9.17) is 0 Å². The third-order valence-electron chi connectivity index (χ3n) is 1.50. The Kier molecular flexibility index (Phi) is 4.83. The Bertz CT molecular complexity index is 240. The third kappa shape index (κ3) is 3.23. The zero-order valence-corrected chi connectivity index (χ0v) is 9.98. The maximum Gasteiger partial charge on any atom is 0.0476 e. The lowest BCUT2D eigenvalue weighted by atomic mass is 10.3. The molecular formula is C9H12INS. The minimum atomic E-state index is 1.04. The Labute approximate surface area is 91.5 Å². The van der Waals surface area contributed by atoms with E-state index in [1.807, 2.05) is 11.8 Å². The topological polar surface area (TPSA) is 12.0 Å². The fraction of sp³-hybridized carbons (Fsp3) is 0.333. The quantitative estimate of drug-likeness (QED) is 0.676. The number of anilines is 1. The van der Waals surface area contributed by atoms with Crippen LogP contribution in [0.15, 0.2) is 24.3 Å². The molecule has 0 aliphatic rings. The first-order chi connectivity index (χ1) is 5.84. The Morgan fingerprint density at radius 1 is 1.42 bits per heavy atom. The predicted molar refractivity (Wildman–Crippen MR) is 66.0 cm³/mol. The van der Waals surface area contributed by atoms with Crippen molar-refractivity contribution in [2.45, 2.75) is 0 Å². The molecule has 1 rings (SSSR count). The number of thioether (sulfide) groups is 1. The van der Waals surface area contributed by atoms with Gasteiger partial charge in [-0.2, -0.15) is 11.8 Å². The van der Waals surface area contributed by atoms with Gasteiger partial charge in [0, 0.05) is 21.6 Å². The highest BCUT2D eigenvalue weighted by atomic mass is 127. The zero-order chi connectivity index (χ0) is 8.81. The first kappa shape index (κ1) is 10.2. The first-order valence-electron chi connectivity index (χ1n) is 3.82. The van der Waals surface area contributed by atoms with E-state index in [2.05, 4.69) is 58.4 Å². The molecule has 1 aromatic rings. The normalized spacial score (nSPS) is 9.83. The maximum atomic E-state index is 3.39. The minimum absolute atomic E-state index is 1.04. The third-order valence-corrected chi connectivity index (χ3v) is 3.05. The van der Waals surface area contributed by atoms with Gasteiger partial charge in [0.1, 0.15) is 0 Å². The van der Waals surface area contributed by atoms with Crippen molar-refractivity contribution in [2.24, 2.45) is 0 Å². The highest BCUT2D eigenvalue weighted by molar-refractivity contribution is 14.1. The van der Waals surface area contributed by atoms with Gasteiger partial charge in [0.2, 0.25) is 0 Å².